The molecule has 31 heavy (non-hydrogen) atoms. The molecule has 0 aliphatic carbocycles. The Morgan fingerprint density at radius 1 is 1.00 bits per heavy atom. The summed E-state index contributed by atoms with van der Waals surface area (Å²) in [7, 11) is -3.58. The van der Waals surface area contributed by atoms with E-state index in [4.69, 9.17) is 0 Å². The van der Waals surface area contributed by atoms with Gasteiger partial charge in [0.25, 0.3) is 5.91 Å². The third-order valence-electron chi connectivity index (χ3n) is 6.10. The van der Waals surface area contributed by atoms with Crippen LogP contribution in [-0.2, 0) is 16.6 Å². The van der Waals surface area contributed by atoms with E-state index in [1.165, 1.54) is 23.2 Å². The van der Waals surface area contributed by atoms with Gasteiger partial charge in [-0.25, -0.2) is 13.4 Å². The highest BCUT2D eigenvalue weighted by Crippen LogP contribution is 2.23. The van der Waals surface area contributed by atoms with Crippen LogP contribution < -0.4 is 10.2 Å². The normalized spacial score (nSPS) is 17.6. The lowest BCUT2D eigenvalue weighted by molar-refractivity contribution is 0.0950. The van der Waals surface area contributed by atoms with Gasteiger partial charge in [0.15, 0.2) is 0 Å². The maximum atomic E-state index is 13.0. The maximum absolute atomic E-state index is 13.0. The minimum atomic E-state index is -3.58. The highest BCUT2D eigenvalue weighted by Gasteiger charge is 2.27. The molecule has 0 atom stereocenters. The largest absolute Gasteiger partial charge is 0.357 e. The molecule has 2 saturated heterocycles. The number of rotatable bonds is 6. The van der Waals surface area contributed by atoms with Crippen LogP contribution in [0, 0.1) is 6.92 Å². The van der Waals surface area contributed by atoms with Gasteiger partial charge >= 0.3 is 0 Å². The number of nitrogens with zero attached hydrogens (tertiary/aromatic N) is 3. The van der Waals surface area contributed by atoms with Crippen LogP contribution in [0.4, 0.5) is 5.82 Å². The topological polar surface area (TPSA) is 82.6 Å². The molecule has 1 amide bonds. The summed E-state index contributed by atoms with van der Waals surface area (Å²) >= 11 is 0. The first kappa shape index (κ1) is 21.8. The van der Waals surface area contributed by atoms with Crippen molar-refractivity contribution in [2.75, 3.05) is 31.1 Å². The Labute approximate surface area is 184 Å². The summed E-state index contributed by atoms with van der Waals surface area (Å²) in [5.74, 6) is 0.691. The van der Waals surface area contributed by atoms with Crippen LogP contribution in [0.25, 0.3) is 0 Å². The number of aryl methyl sites for hydroxylation is 1. The number of hydrogen-bond acceptors (Lipinski definition) is 5. The van der Waals surface area contributed by atoms with Crippen LogP contribution in [0.15, 0.2) is 41.4 Å². The lowest BCUT2D eigenvalue weighted by Crippen LogP contribution is -2.35. The average Bonchev–Trinajstić information content (AvgIpc) is 3.33. The fourth-order valence-electron chi connectivity index (χ4n) is 4.19. The fraction of sp³-hybridized carbons (Fsp3) is 0.478. The quantitative estimate of drug-likeness (QED) is 0.743. The van der Waals surface area contributed by atoms with Crippen LogP contribution in [0.2, 0.25) is 0 Å². The van der Waals surface area contributed by atoms with Crippen LogP contribution in [0.1, 0.15) is 53.6 Å². The number of amides is 1. The number of nitrogens with one attached hydrogen (secondary N) is 1. The summed E-state index contributed by atoms with van der Waals surface area (Å²) < 4.78 is 27.5. The minimum absolute atomic E-state index is 0.182. The molecule has 1 aromatic heterocycles. The number of sulfonamides is 1. The Morgan fingerprint density at radius 3 is 2.39 bits per heavy atom. The number of benzene rings is 1. The Bertz CT molecular complexity index is 1030. The third kappa shape index (κ3) is 4.91. The maximum Gasteiger partial charge on any atom is 0.251 e. The monoisotopic (exact) mass is 442 g/mol. The van der Waals surface area contributed by atoms with Crippen molar-refractivity contribution in [1.82, 2.24) is 14.6 Å². The van der Waals surface area contributed by atoms with E-state index in [0.29, 0.717) is 25.2 Å². The second-order valence-corrected chi connectivity index (χ2v) is 10.3. The number of pyridine rings is 1. The van der Waals surface area contributed by atoms with Crippen molar-refractivity contribution in [3.05, 3.63) is 53.2 Å². The van der Waals surface area contributed by atoms with Gasteiger partial charge < -0.3 is 10.2 Å². The zero-order chi connectivity index (χ0) is 21.8. The summed E-state index contributed by atoms with van der Waals surface area (Å²) in [4.78, 5) is 19.8. The molecule has 0 saturated carbocycles. The molecule has 2 aliphatic heterocycles. The number of carbonyl (C=O) groups excluding carboxylic acids is 1. The molecule has 0 bridgehead atoms. The van der Waals surface area contributed by atoms with E-state index in [-0.39, 0.29) is 10.8 Å². The summed E-state index contributed by atoms with van der Waals surface area (Å²) in [6, 6.07) is 8.77. The van der Waals surface area contributed by atoms with Crippen LogP contribution in [0.3, 0.4) is 0 Å². The molecule has 0 spiro atoms. The van der Waals surface area contributed by atoms with Gasteiger partial charge in [-0.2, -0.15) is 4.31 Å². The number of hydrogen-bond donors (Lipinski definition) is 1. The molecule has 3 heterocycles. The highest BCUT2D eigenvalue weighted by molar-refractivity contribution is 7.89. The molecule has 0 unspecified atom stereocenters. The average molecular weight is 443 g/mol. The molecule has 0 radical (unpaired) electrons. The summed E-state index contributed by atoms with van der Waals surface area (Å²) in [5.41, 5.74) is 2.04. The van der Waals surface area contributed by atoms with Crippen LogP contribution in [0.5, 0.6) is 0 Å². The number of carbonyl (C=O) groups is 1. The predicted molar refractivity (Wildman–Crippen MR) is 121 cm³/mol. The molecule has 8 heteroatoms. The Hall–Kier alpha value is -2.45. The molecular weight excluding hydrogens is 412 g/mol. The highest BCUT2D eigenvalue weighted by atomic mass is 32.2. The molecule has 4 rings (SSSR count). The van der Waals surface area contributed by atoms with Gasteiger partial charge in [0.2, 0.25) is 10.0 Å². The van der Waals surface area contributed by atoms with Crippen molar-refractivity contribution in [2.45, 2.75) is 50.5 Å². The molecule has 2 fully saturated rings. The van der Waals surface area contributed by atoms with Crippen molar-refractivity contribution in [3.63, 3.8) is 0 Å². The smallest absolute Gasteiger partial charge is 0.251 e. The van der Waals surface area contributed by atoms with Crippen LogP contribution >= 0.6 is 0 Å². The van der Waals surface area contributed by atoms with E-state index in [0.717, 1.165) is 49.3 Å². The lowest BCUT2D eigenvalue weighted by atomic mass is 10.1. The first-order valence-corrected chi connectivity index (χ1v) is 12.5. The SMILES string of the molecule is Cc1ccc(S(=O)(=O)N2CCCCC2)cc1C(=O)NCc1ccc(N2CCCC2)nc1. The van der Waals surface area contributed by atoms with E-state index in [1.807, 2.05) is 19.1 Å². The van der Waals surface area contributed by atoms with Gasteiger partial charge in [0.05, 0.1) is 4.90 Å². The second kappa shape index (κ2) is 9.36. The van der Waals surface area contributed by atoms with Gasteiger partial charge in [-0.3, -0.25) is 4.79 Å². The van der Waals surface area contributed by atoms with Crippen molar-refractivity contribution in [1.29, 1.82) is 0 Å². The fourth-order valence-corrected chi connectivity index (χ4v) is 5.74. The van der Waals surface area contributed by atoms with E-state index in [2.05, 4.69) is 15.2 Å². The standard InChI is InChI=1S/C23H30N4O3S/c1-18-7-9-20(31(29,30)27-13-3-2-4-14-27)15-21(18)23(28)25-17-19-8-10-22(24-16-19)26-11-5-6-12-26/h7-10,15-16H,2-6,11-14,17H2,1H3,(H,25,28). The first-order valence-electron chi connectivity index (χ1n) is 11.0. The Morgan fingerprint density at radius 2 is 1.71 bits per heavy atom. The van der Waals surface area contributed by atoms with Gasteiger partial charge in [-0.15, -0.1) is 0 Å². The Kier molecular flexibility index (Phi) is 6.57. The number of anilines is 1. The van der Waals surface area contributed by atoms with Crippen molar-refractivity contribution < 1.29 is 13.2 Å². The van der Waals surface area contributed by atoms with Gasteiger partial charge in [-0.05, 0) is 61.9 Å². The van der Waals surface area contributed by atoms with E-state index in [1.54, 1.807) is 18.3 Å². The van der Waals surface area contributed by atoms with Crippen molar-refractivity contribution in [3.8, 4) is 0 Å². The van der Waals surface area contributed by atoms with Crippen molar-refractivity contribution >= 4 is 21.7 Å². The molecule has 1 N–H and O–H groups in total. The Balaban J connectivity index is 1.44. The van der Waals surface area contributed by atoms with Gasteiger partial charge in [0, 0.05) is 44.5 Å². The zero-order valence-electron chi connectivity index (χ0n) is 18.0. The number of piperidine rings is 1. The van der Waals surface area contributed by atoms with E-state index < -0.39 is 10.0 Å². The molecule has 2 aromatic rings. The second-order valence-electron chi connectivity index (χ2n) is 8.34. The minimum Gasteiger partial charge on any atom is -0.357 e. The van der Waals surface area contributed by atoms with E-state index in [9.17, 15) is 13.2 Å². The summed E-state index contributed by atoms with van der Waals surface area (Å²) in [6.45, 7) is 5.32. The number of aromatic nitrogens is 1. The molecule has 1 aromatic carbocycles. The summed E-state index contributed by atoms with van der Waals surface area (Å²) in [6.07, 6.45) is 7.00. The zero-order valence-corrected chi connectivity index (χ0v) is 18.8. The lowest BCUT2D eigenvalue weighted by Gasteiger charge is -2.26. The third-order valence-corrected chi connectivity index (χ3v) is 7.99. The molecule has 2 aliphatic rings. The van der Waals surface area contributed by atoms with Crippen LogP contribution in [-0.4, -0.2) is 49.8 Å². The summed E-state index contributed by atoms with van der Waals surface area (Å²) in [5, 5.41) is 2.90. The van der Waals surface area contributed by atoms with Crippen molar-refractivity contribution in [2.24, 2.45) is 0 Å². The molecule has 166 valence electrons. The van der Waals surface area contributed by atoms with Gasteiger partial charge in [0.1, 0.15) is 5.82 Å². The molecular formula is C23H30N4O3S. The van der Waals surface area contributed by atoms with E-state index >= 15 is 0 Å². The first-order chi connectivity index (χ1) is 14.9. The van der Waals surface area contributed by atoms with Gasteiger partial charge in [-0.1, -0.05) is 18.6 Å². The predicted octanol–water partition coefficient (Wildman–Crippen LogP) is 3.09. The molecule has 7 nitrogen and oxygen atoms in total.